The molecule has 1 heterocycles. The van der Waals surface area contributed by atoms with E-state index in [9.17, 15) is 14.7 Å². The Labute approximate surface area is 151 Å². The maximum absolute atomic E-state index is 12.5. The molecule has 2 aromatic rings. The maximum atomic E-state index is 12.5. The number of carbonyl (C=O) groups excluding carboxylic acids is 1. The highest BCUT2D eigenvalue weighted by Gasteiger charge is 2.40. The highest BCUT2D eigenvalue weighted by atomic mass is 16.5. The number of carbonyl (C=O) groups is 2. The quantitative estimate of drug-likeness (QED) is 0.761. The van der Waals surface area contributed by atoms with E-state index in [1.807, 2.05) is 0 Å². The molecule has 0 radical (unpaired) electrons. The molecule has 1 saturated carbocycles. The molecule has 0 aliphatic heterocycles. The number of hydrogen-bond donors (Lipinski definition) is 2. The number of hydrogen-bond acceptors (Lipinski definition) is 5. The van der Waals surface area contributed by atoms with E-state index in [0.717, 1.165) is 25.7 Å². The second-order valence-corrected chi connectivity index (χ2v) is 6.95. The molecular formula is C19H24N2O5. The first-order chi connectivity index (χ1) is 12.5. The Morgan fingerprint density at radius 2 is 2.00 bits per heavy atom. The summed E-state index contributed by atoms with van der Waals surface area (Å²) in [5.41, 5.74) is 0.858. The molecular weight excluding hydrogens is 336 g/mol. The summed E-state index contributed by atoms with van der Waals surface area (Å²) in [6.45, 7) is 0.275. The van der Waals surface area contributed by atoms with Crippen molar-refractivity contribution in [2.75, 3.05) is 12.4 Å². The van der Waals surface area contributed by atoms with Gasteiger partial charge in [0.05, 0.1) is 5.41 Å². The first kappa shape index (κ1) is 18.4. The predicted molar refractivity (Wildman–Crippen MR) is 95.7 cm³/mol. The van der Waals surface area contributed by atoms with Crippen LogP contribution in [-0.4, -0.2) is 29.1 Å². The standard InChI is InChI=1S/C19H24N2O5/c1-25-12-17-21-14-10-13(6-7-15(14)26-17)20-16(22)11-19(18(23)24)8-4-2-3-5-9-19/h6-7,10H,2-5,8-9,11-12H2,1H3,(H,20,22)(H,23,24). The summed E-state index contributed by atoms with van der Waals surface area (Å²) in [6.07, 6.45) is 4.87. The van der Waals surface area contributed by atoms with Crippen molar-refractivity contribution >= 4 is 28.7 Å². The van der Waals surface area contributed by atoms with Crippen molar-refractivity contribution in [1.82, 2.24) is 4.98 Å². The zero-order chi connectivity index (χ0) is 18.6. The minimum Gasteiger partial charge on any atom is -0.481 e. The lowest BCUT2D eigenvalue weighted by atomic mass is 9.77. The molecule has 0 atom stereocenters. The molecule has 26 heavy (non-hydrogen) atoms. The van der Waals surface area contributed by atoms with Gasteiger partial charge in [0.25, 0.3) is 0 Å². The second-order valence-electron chi connectivity index (χ2n) is 6.95. The van der Waals surface area contributed by atoms with Gasteiger partial charge in [-0.15, -0.1) is 0 Å². The van der Waals surface area contributed by atoms with E-state index in [1.54, 1.807) is 25.3 Å². The van der Waals surface area contributed by atoms with Crippen LogP contribution in [0.25, 0.3) is 11.1 Å². The highest BCUT2D eigenvalue weighted by molar-refractivity contribution is 5.95. The molecule has 0 bridgehead atoms. The number of benzene rings is 1. The van der Waals surface area contributed by atoms with Crippen molar-refractivity contribution in [2.45, 2.75) is 51.6 Å². The summed E-state index contributed by atoms with van der Waals surface area (Å²) < 4.78 is 10.5. The molecule has 7 nitrogen and oxygen atoms in total. The normalized spacial score (nSPS) is 17.0. The van der Waals surface area contributed by atoms with Gasteiger partial charge in [0.1, 0.15) is 12.1 Å². The zero-order valence-corrected chi connectivity index (χ0v) is 14.9. The van der Waals surface area contributed by atoms with E-state index in [0.29, 0.717) is 35.5 Å². The van der Waals surface area contributed by atoms with Crippen LogP contribution in [0.15, 0.2) is 22.6 Å². The van der Waals surface area contributed by atoms with Gasteiger partial charge in [-0.25, -0.2) is 4.98 Å². The van der Waals surface area contributed by atoms with Crippen molar-refractivity contribution < 1.29 is 23.8 Å². The molecule has 1 aromatic carbocycles. The number of oxazole rings is 1. The number of carboxylic acid groups (broad SMARTS) is 1. The lowest BCUT2D eigenvalue weighted by Gasteiger charge is -2.27. The number of carboxylic acids is 1. The maximum Gasteiger partial charge on any atom is 0.310 e. The topological polar surface area (TPSA) is 102 Å². The van der Waals surface area contributed by atoms with Gasteiger partial charge < -0.3 is 19.6 Å². The van der Waals surface area contributed by atoms with E-state index in [1.165, 1.54) is 0 Å². The average Bonchev–Trinajstić information content (AvgIpc) is 2.83. The van der Waals surface area contributed by atoms with Gasteiger partial charge in [0.15, 0.2) is 5.58 Å². The van der Waals surface area contributed by atoms with E-state index in [-0.39, 0.29) is 18.9 Å². The van der Waals surface area contributed by atoms with E-state index < -0.39 is 11.4 Å². The van der Waals surface area contributed by atoms with Gasteiger partial charge >= 0.3 is 5.97 Å². The third kappa shape index (κ3) is 4.04. The highest BCUT2D eigenvalue weighted by Crippen LogP contribution is 2.38. The number of nitrogens with zero attached hydrogens (tertiary/aromatic N) is 1. The summed E-state index contributed by atoms with van der Waals surface area (Å²) in [5, 5.41) is 12.5. The Hall–Kier alpha value is -2.41. The van der Waals surface area contributed by atoms with E-state index in [2.05, 4.69) is 10.3 Å². The Kier molecular flexibility index (Phi) is 5.56. The fourth-order valence-electron chi connectivity index (χ4n) is 3.62. The Bertz CT molecular complexity index is 790. The van der Waals surface area contributed by atoms with Crippen LogP contribution in [0, 0.1) is 5.41 Å². The number of aliphatic carboxylic acids is 1. The van der Waals surface area contributed by atoms with Crippen LogP contribution >= 0.6 is 0 Å². The monoisotopic (exact) mass is 360 g/mol. The largest absolute Gasteiger partial charge is 0.481 e. The summed E-state index contributed by atoms with van der Waals surface area (Å²) in [7, 11) is 1.56. The first-order valence-electron chi connectivity index (χ1n) is 8.94. The van der Waals surface area contributed by atoms with Crippen LogP contribution in [0.4, 0.5) is 5.69 Å². The number of ether oxygens (including phenoxy) is 1. The van der Waals surface area contributed by atoms with Crippen LogP contribution in [0.2, 0.25) is 0 Å². The molecule has 1 aliphatic rings. The van der Waals surface area contributed by atoms with Crippen LogP contribution in [0.3, 0.4) is 0 Å². The Morgan fingerprint density at radius 3 is 2.65 bits per heavy atom. The summed E-state index contributed by atoms with van der Waals surface area (Å²) in [4.78, 5) is 28.7. The molecule has 0 unspecified atom stereocenters. The second kappa shape index (κ2) is 7.86. The number of rotatable bonds is 6. The van der Waals surface area contributed by atoms with Gasteiger partial charge in [-0.3, -0.25) is 9.59 Å². The molecule has 1 aromatic heterocycles. The molecule has 7 heteroatoms. The fraction of sp³-hybridized carbons (Fsp3) is 0.526. The van der Waals surface area contributed by atoms with Crippen molar-refractivity contribution in [2.24, 2.45) is 5.41 Å². The Balaban J connectivity index is 1.72. The average molecular weight is 360 g/mol. The summed E-state index contributed by atoms with van der Waals surface area (Å²) in [6, 6.07) is 5.18. The smallest absolute Gasteiger partial charge is 0.310 e. The van der Waals surface area contributed by atoms with Crippen molar-refractivity contribution in [3.05, 3.63) is 24.1 Å². The van der Waals surface area contributed by atoms with Crippen LogP contribution in [0.5, 0.6) is 0 Å². The number of fused-ring (bicyclic) bond motifs is 1. The van der Waals surface area contributed by atoms with Crippen molar-refractivity contribution in [3.63, 3.8) is 0 Å². The molecule has 1 amide bonds. The third-order valence-electron chi connectivity index (χ3n) is 5.00. The van der Waals surface area contributed by atoms with Gasteiger partial charge in [-0.1, -0.05) is 25.7 Å². The van der Waals surface area contributed by atoms with E-state index >= 15 is 0 Å². The number of anilines is 1. The van der Waals surface area contributed by atoms with Crippen molar-refractivity contribution in [1.29, 1.82) is 0 Å². The molecule has 1 fully saturated rings. The number of amides is 1. The van der Waals surface area contributed by atoms with Crippen molar-refractivity contribution in [3.8, 4) is 0 Å². The molecule has 0 spiro atoms. The Morgan fingerprint density at radius 1 is 1.27 bits per heavy atom. The molecule has 3 rings (SSSR count). The number of aromatic nitrogens is 1. The molecule has 1 aliphatic carbocycles. The lowest BCUT2D eigenvalue weighted by molar-refractivity contribution is -0.152. The molecule has 0 saturated heterocycles. The lowest BCUT2D eigenvalue weighted by Crippen LogP contribution is -2.35. The van der Waals surface area contributed by atoms with Gasteiger partial charge in [0, 0.05) is 19.2 Å². The van der Waals surface area contributed by atoms with Crippen LogP contribution in [-0.2, 0) is 20.9 Å². The van der Waals surface area contributed by atoms with Gasteiger partial charge in [-0.05, 0) is 31.0 Å². The SMILES string of the molecule is COCc1nc2cc(NC(=O)CC3(C(=O)O)CCCCCC3)ccc2o1. The van der Waals surface area contributed by atoms with Gasteiger partial charge in [-0.2, -0.15) is 0 Å². The predicted octanol–water partition coefficient (Wildman–Crippen LogP) is 3.73. The number of nitrogens with one attached hydrogen (secondary N) is 1. The fourth-order valence-corrected chi connectivity index (χ4v) is 3.62. The first-order valence-corrected chi connectivity index (χ1v) is 8.94. The summed E-state index contributed by atoms with van der Waals surface area (Å²) in [5.74, 6) is -0.686. The third-order valence-corrected chi connectivity index (χ3v) is 5.00. The minimum absolute atomic E-state index is 0.00584. The molecule has 140 valence electrons. The van der Waals surface area contributed by atoms with E-state index in [4.69, 9.17) is 9.15 Å². The number of methoxy groups -OCH3 is 1. The summed E-state index contributed by atoms with van der Waals surface area (Å²) >= 11 is 0. The van der Waals surface area contributed by atoms with Crippen LogP contribution in [0.1, 0.15) is 50.8 Å². The molecule has 2 N–H and O–H groups in total. The minimum atomic E-state index is -0.954. The zero-order valence-electron chi connectivity index (χ0n) is 14.9. The van der Waals surface area contributed by atoms with Crippen LogP contribution < -0.4 is 5.32 Å². The van der Waals surface area contributed by atoms with Gasteiger partial charge in [0.2, 0.25) is 11.8 Å².